The summed E-state index contributed by atoms with van der Waals surface area (Å²) in [6.45, 7) is 1.62. The van der Waals surface area contributed by atoms with Gasteiger partial charge >= 0.3 is 5.97 Å². The zero-order chi connectivity index (χ0) is 20.5. The van der Waals surface area contributed by atoms with Gasteiger partial charge in [0.25, 0.3) is 0 Å². The lowest BCUT2D eigenvalue weighted by Crippen LogP contribution is -2.31. The van der Waals surface area contributed by atoms with Crippen LogP contribution in [-0.2, 0) is 25.5 Å². The number of nitrogens with one attached hydrogen (secondary N) is 2. The molecule has 7 nitrogen and oxygen atoms in total. The summed E-state index contributed by atoms with van der Waals surface area (Å²) in [7, 11) is 1.26. The van der Waals surface area contributed by atoms with Crippen molar-refractivity contribution in [1.29, 1.82) is 0 Å². The van der Waals surface area contributed by atoms with Gasteiger partial charge in [-0.2, -0.15) is 0 Å². The summed E-state index contributed by atoms with van der Waals surface area (Å²) in [4.78, 5) is 35.3. The molecule has 0 heterocycles. The molecule has 156 valence electrons. The first-order valence-electron chi connectivity index (χ1n) is 8.94. The maximum absolute atomic E-state index is 12.5. The number of hydrogen-bond donors (Lipinski definition) is 3. The van der Waals surface area contributed by atoms with Crippen LogP contribution in [0.15, 0.2) is 54.6 Å². The van der Waals surface area contributed by atoms with E-state index in [-0.39, 0.29) is 37.2 Å². The monoisotopic (exact) mass is 419 g/mol. The molecule has 0 aliphatic rings. The highest BCUT2D eigenvalue weighted by Crippen LogP contribution is 2.21. The fourth-order valence-electron chi connectivity index (χ4n) is 2.58. The van der Waals surface area contributed by atoms with Gasteiger partial charge in [-0.3, -0.25) is 14.4 Å². The van der Waals surface area contributed by atoms with Crippen LogP contribution in [0.1, 0.15) is 24.1 Å². The molecular formula is C21H26ClN3O4. The SMILES string of the molecule is COC(=O)CNC(=O)Cc1ccc(NC(=O)C(C)C(N)c2ccccc2)cc1.Cl. The van der Waals surface area contributed by atoms with Gasteiger partial charge in [-0.15, -0.1) is 12.4 Å². The fraction of sp³-hybridized carbons (Fsp3) is 0.286. The summed E-state index contributed by atoms with van der Waals surface area (Å²) in [5, 5.41) is 5.31. The van der Waals surface area contributed by atoms with E-state index < -0.39 is 17.9 Å². The largest absolute Gasteiger partial charge is 0.468 e. The van der Waals surface area contributed by atoms with Crippen molar-refractivity contribution in [1.82, 2.24) is 5.32 Å². The van der Waals surface area contributed by atoms with Crippen molar-refractivity contribution in [3.8, 4) is 0 Å². The number of amides is 2. The Hall–Kier alpha value is -2.90. The third-order valence-corrected chi connectivity index (χ3v) is 4.38. The number of ether oxygens (including phenoxy) is 1. The lowest BCUT2D eigenvalue weighted by molar-refractivity contribution is -0.141. The summed E-state index contributed by atoms with van der Waals surface area (Å²) in [5.41, 5.74) is 8.47. The minimum absolute atomic E-state index is 0. The molecule has 2 aromatic carbocycles. The van der Waals surface area contributed by atoms with Gasteiger partial charge in [0.1, 0.15) is 6.54 Å². The topological polar surface area (TPSA) is 111 Å². The van der Waals surface area contributed by atoms with Crippen LogP contribution in [0.3, 0.4) is 0 Å². The molecule has 0 aromatic heterocycles. The molecule has 2 atom stereocenters. The van der Waals surface area contributed by atoms with Crippen LogP contribution < -0.4 is 16.4 Å². The predicted molar refractivity (Wildman–Crippen MR) is 114 cm³/mol. The van der Waals surface area contributed by atoms with E-state index in [1.165, 1.54) is 7.11 Å². The summed E-state index contributed by atoms with van der Waals surface area (Å²) in [6, 6.07) is 16.0. The third kappa shape index (κ3) is 7.56. The van der Waals surface area contributed by atoms with Gasteiger partial charge in [-0.05, 0) is 23.3 Å². The number of halogens is 1. The molecule has 2 unspecified atom stereocenters. The zero-order valence-electron chi connectivity index (χ0n) is 16.4. The fourth-order valence-corrected chi connectivity index (χ4v) is 2.58. The first-order valence-corrected chi connectivity index (χ1v) is 8.94. The zero-order valence-corrected chi connectivity index (χ0v) is 17.2. The second kappa shape index (κ2) is 11.8. The van der Waals surface area contributed by atoms with Crippen LogP contribution in [0.4, 0.5) is 5.69 Å². The molecule has 0 radical (unpaired) electrons. The smallest absolute Gasteiger partial charge is 0.325 e. The number of benzene rings is 2. The van der Waals surface area contributed by atoms with Crippen molar-refractivity contribution < 1.29 is 19.1 Å². The van der Waals surface area contributed by atoms with E-state index >= 15 is 0 Å². The highest BCUT2D eigenvalue weighted by atomic mass is 35.5. The Morgan fingerprint density at radius 2 is 1.66 bits per heavy atom. The van der Waals surface area contributed by atoms with E-state index in [1.54, 1.807) is 31.2 Å². The number of hydrogen-bond acceptors (Lipinski definition) is 5. The molecule has 4 N–H and O–H groups in total. The van der Waals surface area contributed by atoms with Crippen LogP contribution >= 0.6 is 12.4 Å². The lowest BCUT2D eigenvalue weighted by atomic mass is 9.94. The number of nitrogens with two attached hydrogens (primary N) is 1. The van der Waals surface area contributed by atoms with Crippen LogP contribution in [0, 0.1) is 5.92 Å². The van der Waals surface area contributed by atoms with E-state index in [0.717, 1.165) is 11.1 Å². The maximum Gasteiger partial charge on any atom is 0.325 e. The molecule has 29 heavy (non-hydrogen) atoms. The molecule has 0 bridgehead atoms. The minimum Gasteiger partial charge on any atom is -0.468 e. The molecule has 2 aromatic rings. The van der Waals surface area contributed by atoms with E-state index in [1.807, 2.05) is 30.3 Å². The van der Waals surface area contributed by atoms with Crippen molar-refractivity contribution in [2.75, 3.05) is 19.0 Å². The lowest BCUT2D eigenvalue weighted by Gasteiger charge is -2.20. The molecule has 0 aliphatic heterocycles. The standard InChI is InChI=1S/C21H25N3O4.ClH/c1-14(20(22)16-6-4-3-5-7-16)21(27)24-17-10-8-15(9-11-17)12-18(25)23-13-19(26)28-2;/h3-11,14,20H,12-13,22H2,1-2H3,(H,23,25)(H,24,27);1H. The molecule has 0 fully saturated rings. The number of rotatable bonds is 8. The van der Waals surface area contributed by atoms with Crippen molar-refractivity contribution in [2.45, 2.75) is 19.4 Å². The first kappa shape index (κ1) is 24.1. The average Bonchev–Trinajstić information content (AvgIpc) is 2.72. The Bertz CT molecular complexity index is 812. The number of anilines is 1. The third-order valence-electron chi connectivity index (χ3n) is 4.38. The van der Waals surface area contributed by atoms with Gasteiger partial charge in [0.05, 0.1) is 19.4 Å². The number of carbonyl (C=O) groups is 3. The highest BCUT2D eigenvalue weighted by molar-refractivity contribution is 5.93. The van der Waals surface area contributed by atoms with Gasteiger partial charge in [-0.1, -0.05) is 49.4 Å². The van der Waals surface area contributed by atoms with Crippen LogP contribution in [0.2, 0.25) is 0 Å². The van der Waals surface area contributed by atoms with E-state index in [9.17, 15) is 14.4 Å². The quantitative estimate of drug-likeness (QED) is 0.568. The van der Waals surface area contributed by atoms with Gasteiger partial charge in [0, 0.05) is 11.7 Å². The van der Waals surface area contributed by atoms with E-state index in [4.69, 9.17) is 5.73 Å². The second-order valence-electron chi connectivity index (χ2n) is 6.44. The number of esters is 1. The molecule has 8 heteroatoms. The second-order valence-corrected chi connectivity index (χ2v) is 6.44. The Labute approximate surface area is 176 Å². The highest BCUT2D eigenvalue weighted by Gasteiger charge is 2.22. The Morgan fingerprint density at radius 1 is 1.03 bits per heavy atom. The molecule has 0 saturated heterocycles. The van der Waals surface area contributed by atoms with Crippen molar-refractivity contribution in [3.05, 3.63) is 65.7 Å². The van der Waals surface area contributed by atoms with Crippen LogP contribution in [0.25, 0.3) is 0 Å². The average molecular weight is 420 g/mol. The Morgan fingerprint density at radius 3 is 2.24 bits per heavy atom. The molecule has 0 aliphatic carbocycles. The van der Waals surface area contributed by atoms with Crippen molar-refractivity contribution >= 4 is 35.9 Å². The molecule has 2 amide bonds. The van der Waals surface area contributed by atoms with E-state index in [2.05, 4.69) is 15.4 Å². The van der Waals surface area contributed by atoms with Crippen LogP contribution in [-0.4, -0.2) is 31.4 Å². The minimum atomic E-state index is -0.505. The van der Waals surface area contributed by atoms with Gasteiger partial charge in [0.2, 0.25) is 11.8 Å². The molecular weight excluding hydrogens is 394 g/mol. The molecule has 0 spiro atoms. The molecule has 0 saturated carbocycles. The maximum atomic E-state index is 12.5. The number of carbonyl (C=O) groups excluding carboxylic acids is 3. The summed E-state index contributed by atoms with van der Waals surface area (Å²) < 4.78 is 4.46. The van der Waals surface area contributed by atoms with Crippen molar-refractivity contribution in [2.24, 2.45) is 11.7 Å². The Kier molecular flexibility index (Phi) is 9.85. The summed E-state index contributed by atoms with van der Waals surface area (Å²) in [6.07, 6.45) is 0.126. The van der Waals surface area contributed by atoms with Crippen LogP contribution in [0.5, 0.6) is 0 Å². The van der Waals surface area contributed by atoms with Gasteiger partial charge < -0.3 is 21.1 Å². The van der Waals surface area contributed by atoms with Gasteiger partial charge in [-0.25, -0.2) is 0 Å². The number of methoxy groups -OCH3 is 1. The summed E-state index contributed by atoms with van der Waals surface area (Å²) >= 11 is 0. The Balaban J connectivity index is 0.00000420. The van der Waals surface area contributed by atoms with Crippen molar-refractivity contribution in [3.63, 3.8) is 0 Å². The predicted octanol–water partition coefficient (Wildman–Crippen LogP) is 2.21. The normalized spacial score (nSPS) is 12.1. The van der Waals surface area contributed by atoms with Gasteiger partial charge in [0.15, 0.2) is 0 Å². The molecule has 2 rings (SSSR count). The van der Waals surface area contributed by atoms with E-state index in [0.29, 0.717) is 5.69 Å². The summed E-state index contributed by atoms with van der Waals surface area (Å²) in [5.74, 6) is -1.38. The first-order chi connectivity index (χ1) is 13.4.